The number of carbonyl (C=O) groups excluding carboxylic acids is 5. The largest absolute Gasteiger partial charge is 0.463 e. The summed E-state index contributed by atoms with van der Waals surface area (Å²) in [5.74, 6) is -11.5. The zero-order chi connectivity index (χ0) is 32.7. The summed E-state index contributed by atoms with van der Waals surface area (Å²) in [6.45, 7) is 4.88. The van der Waals surface area contributed by atoms with Crippen molar-refractivity contribution in [3.63, 3.8) is 0 Å². The average Bonchev–Trinajstić information content (AvgIpc) is 2.94. The summed E-state index contributed by atoms with van der Waals surface area (Å²) >= 11 is 0. The van der Waals surface area contributed by atoms with Crippen molar-refractivity contribution in [2.45, 2.75) is 71.4 Å². The molecule has 12 nitrogen and oxygen atoms in total. The van der Waals surface area contributed by atoms with Crippen LogP contribution in [0, 0.1) is 17.5 Å². The fourth-order valence-electron chi connectivity index (χ4n) is 4.35. The lowest BCUT2D eigenvalue weighted by Crippen LogP contribution is -2.63. The van der Waals surface area contributed by atoms with E-state index in [-0.39, 0.29) is 0 Å². The second-order valence-electron chi connectivity index (χ2n) is 9.65. The smallest absolute Gasteiger partial charge is 0.303 e. The Morgan fingerprint density at radius 3 is 1.95 bits per heavy atom. The van der Waals surface area contributed by atoms with Crippen molar-refractivity contribution >= 4 is 29.8 Å². The molecule has 1 saturated heterocycles. The molecule has 0 radical (unpaired) electrons. The number of esters is 4. The summed E-state index contributed by atoms with van der Waals surface area (Å²) in [4.78, 5) is 60.3. The predicted molar refractivity (Wildman–Crippen MR) is 141 cm³/mol. The number of carbonyl (C=O) groups is 5. The second kappa shape index (κ2) is 14.7. The molecule has 2 aromatic carbocycles. The van der Waals surface area contributed by atoms with Crippen molar-refractivity contribution in [3.05, 3.63) is 65.0 Å². The first-order valence-electron chi connectivity index (χ1n) is 13.2. The van der Waals surface area contributed by atoms with Crippen LogP contribution in [0.5, 0.6) is 5.75 Å². The van der Waals surface area contributed by atoms with Gasteiger partial charge in [-0.1, -0.05) is 30.3 Å². The Kier molecular flexibility index (Phi) is 11.3. The minimum Gasteiger partial charge on any atom is -0.463 e. The van der Waals surface area contributed by atoms with E-state index in [4.69, 9.17) is 28.4 Å². The highest BCUT2D eigenvalue weighted by molar-refractivity contribution is 5.95. The highest BCUT2D eigenvalue weighted by Gasteiger charge is 2.54. The van der Waals surface area contributed by atoms with Crippen molar-refractivity contribution in [2.24, 2.45) is 0 Å². The van der Waals surface area contributed by atoms with E-state index in [1.165, 1.54) is 0 Å². The van der Waals surface area contributed by atoms with Gasteiger partial charge in [-0.25, -0.2) is 8.78 Å². The van der Waals surface area contributed by atoms with E-state index in [9.17, 15) is 28.4 Å². The predicted octanol–water partition coefficient (Wildman–Crippen LogP) is 3.06. The molecule has 1 heterocycles. The summed E-state index contributed by atoms with van der Waals surface area (Å²) in [5.41, 5.74) is -0.301. The summed E-state index contributed by atoms with van der Waals surface area (Å²) < 4.78 is 77.0. The molecule has 1 amide bonds. The van der Waals surface area contributed by atoms with Gasteiger partial charge in [-0.15, -0.1) is 0 Å². The first kappa shape index (κ1) is 33.8. The van der Waals surface area contributed by atoms with Crippen molar-refractivity contribution < 1.29 is 65.6 Å². The van der Waals surface area contributed by atoms with E-state index in [0.29, 0.717) is 11.6 Å². The van der Waals surface area contributed by atoms with Crippen LogP contribution in [0.2, 0.25) is 0 Å². The molecule has 15 heteroatoms. The average molecular weight is 626 g/mol. The van der Waals surface area contributed by atoms with Crippen LogP contribution < -0.4 is 10.1 Å². The minimum absolute atomic E-state index is 0.331. The fraction of sp³-hybridized carbons (Fsp3) is 0.414. The highest BCUT2D eigenvalue weighted by atomic mass is 19.2. The third-order valence-electron chi connectivity index (χ3n) is 6.19. The molecular weight excluding hydrogens is 595 g/mol. The van der Waals surface area contributed by atoms with E-state index < -0.39 is 102 Å². The molecule has 5 unspecified atom stereocenters. The molecule has 2 aromatic rings. The van der Waals surface area contributed by atoms with E-state index in [0.717, 1.165) is 27.7 Å². The molecule has 0 saturated carbocycles. The summed E-state index contributed by atoms with van der Waals surface area (Å²) in [7, 11) is 0. The summed E-state index contributed by atoms with van der Waals surface area (Å²) in [5, 5.41) is 2.47. The zero-order valence-electron chi connectivity index (χ0n) is 24.3. The van der Waals surface area contributed by atoms with Crippen LogP contribution in [0.1, 0.15) is 56.6 Å². The van der Waals surface area contributed by atoms with Gasteiger partial charge in [0.2, 0.25) is 18.2 Å². The monoisotopic (exact) mass is 625 g/mol. The van der Waals surface area contributed by atoms with Gasteiger partial charge < -0.3 is 33.7 Å². The molecule has 0 aliphatic carbocycles. The lowest BCUT2D eigenvalue weighted by Gasteiger charge is -2.43. The third-order valence-corrected chi connectivity index (χ3v) is 6.19. The van der Waals surface area contributed by atoms with Gasteiger partial charge in [-0.05, 0) is 18.6 Å². The van der Waals surface area contributed by atoms with Crippen molar-refractivity contribution in [3.8, 4) is 5.75 Å². The minimum atomic E-state index is -2.08. The molecule has 1 N–H and O–H groups in total. The van der Waals surface area contributed by atoms with Gasteiger partial charge in [0.05, 0.1) is 11.6 Å². The second-order valence-corrected chi connectivity index (χ2v) is 9.65. The van der Waals surface area contributed by atoms with Crippen LogP contribution in [-0.2, 0) is 42.9 Å². The van der Waals surface area contributed by atoms with E-state index in [1.807, 2.05) is 0 Å². The van der Waals surface area contributed by atoms with Gasteiger partial charge in [0.15, 0.2) is 29.6 Å². The van der Waals surface area contributed by atoms with Gasteiger partial charge in [0, 0.05) is 27.7 Å². The Morgan fingerprint density at radius 2 is 1.39 bits per heavy atom. The molecule has 3 rings (SSSR count). The van der Waals surface area contributed by atoms with Crippen LogP contribution >= 0.6 is 0 Å². The number of ether oxygens (including phenoxy) is 6. The summed E-state index contributed by atoms with van der Waals surface area (Å²) in [6, 6.07) is 8.19. The maximum atomic E-state index is 15.7. The lowest BCUT2D eigenvalue weighted by atomic mass is 9.98. The summed E-state index contributed by atoms with van der Waals surface area (Å²) in [6.07, 6.45) is -8.78. The Morgan fingerprint density at radius 1 is 0.818 bits per heavy atom. The quantitative estimate of drug-likeness (QED) is 0.236. The van der Waals surface area contributed by atoms with Crippen molar-refractivity contribution in [1.29, 1.82) is 0 Å². The Hall–Kier alpha value is -4.66. The number of benzene rings is 2. The van der Waals surface area contributed by atoms with E-state index in [2.05, 4.69) is 5.32 Å². The topological polar surface area (TPSA) is 153 Å². The number of rotatable bonds is 10. The fourth-order valence-corrected chi connectivity index (χ4v) is 4.35. The molecule has 238 valence electrons. The molecule has 0 aromatic heterocycles. The molecule has 0 bridgehead atoms. The Labute approximate surface area is 249 Å². The van der Waals surface area contributed by atoms with Crippen LogP contribution in [0.3, 0.4) is 0 Å². The first-order chi connectivity index (χ1) is 20.7. The van der Waals surface area contributed by atoms with E-state index in [1.54, 1.807) is 37.3 Å². The van der Waals surface area contributed by atoms with Gasteiger partial charge in [-0.2, -0.15) is 4.39 Å². The molecule has 1 fully saturated rings. The maximum absolute atomic E-state index is 15.7. The van der Waals surface area contributed by atoms with Gasteiger partial charge in [0.25, 0.3) is 5.91 Å². The number of nitrogens with one attached hydrogen (secondary N) is 1. The SMILES string of the molecule is CC(=O)OCC1OC(Oc2c(F)c(F)cc(C(=O)N[C@H](C)c3ccccc3)c2F)C(OC(C)=O)C(OC(C)=O)C1OC(C)=O. The standard InChI is InChI=1S/C29H30F3NO11/c1-13(18-9-7-6-8-10-18)33-28(38)19-11-20(30)23(32)25(22(19)31)44-29-27(42-17(5)37)26(41-16(4)36)24(40-15(3)35)21(43-29)12-39-14(2)34/h6-11,13,21,24,26-27,29H,12H2,1-5H3,(H,33,38)/t13-,21?,24?,26?,27?,29?/m1/s1. The van der Waals surface area contributed by atoms with Gasteiger partial charge >= 0.3 is 23.9 Å². The Balaban J connectivity index is 2.05. The van der Waals surface area contributed by atoms with Crippen LogP contribution in [-0.4, -0.2) is 67.1 Å². The third kappa shape index (κ3) is 8.46. The first-order valence-corrected chi connectivity index (χ1v) is 13.2. The Bertz CT molecular complexity index is 1400. The van der Waals surface area contributed by atoms with Gasteiger partial charge in [-0.3, -0.25) is 24.0 Å². The molecule has 6 atom stereocenters. The van der Waals surface area contributed by atoms with Gasteiger partial charge in [0.1, 0.15) is 12.7 Å². The van der Waals surface area contributed by atoms with Crippen molar-refractivity contribution in [1.82, 2.24) is 5.32 Å². The van der Waals surface area contributed by atoms with Crippen molar-refractivity contribution in [2.75, 3.05) is 6.61 Å². The normalized spacial score (nSPS) is 21.8. The molecular formula is C29H30F3NO11. The van der Waals surface area contributed by atoms with E-state index >= 15 is 8.78 Å². The number of amides is 1. The maximum Gasteiger partial charge on any atom is 0.303 e. The van der Waals surface area contributed by atoms with Crippen LogP contribution in [0.25, 0.3) is 0 Å². The number of halogens is 3. The highest BCUT2D eigenvalue weighted by Crippen LogP contribution is 2.34. The molecule has 1 aliphatic heterocycles. The lowest BCUT2D eigenvalue weighted by molar-refractivity contribution is -0.289. The molecule has 44 heavy (non-hydrogen) atoms. The number of hydrogen-bond donors (Lipinski definition) is 1. The molecule has 1 aliphatic rings. The number of hydrogen-bond acceptors (Lipinski definition) is 11. The van der Waals surface area contributed by atoms with Crippen LogP contribution in [0.4, 0.5) is 13.2 Å². The van der Waals surface area contributed by atoms with Crippen LogP contribution in [0.15, 0.2) is 36.4 Å². The molecule has 0 spiro atoms. The zero-order valence-corrected chi connectivity index (χ0v) is 24.3.